The molecule has 0 aliphatic carbocycles. The van der Waals surface area contributed by atoms with Gasteiger partial charge in [0.2, 0.25) is 0 Å². The van der Waals surface area contributed by atoms with E-state index < -0.39 is 5.97 Å². The molecule has 0 radical (unpaired) electrons. The molecule has 2 rings (SSSR count). The van der Waals surface area contributed by atoms with Crippen LogP contribution in [0.5, 0.6) is 0 Å². The molecular formula is C12H15N5O3. The first-order valence-corrected chi connectivity index (χ1v) is 6.12. The molecule has 0 fully saturated rings. The number of carbonyl (C=O) groups is 1. The molecule has 0 saturated carbocycles. The fraction of sp³-hybridized carbons (Fsp3) is 0.417. The summed E-state index contributed by atoms with van der Waals surface area (Å²) in [5.41, 5.74) is 0.455. The van der Waals surface area contributed by atoms with Gasteiger partial charge in [-0.25, -0.2) is 4.68 Å². The first kappa shape index (κ1) is 13.9. The van der Waals surface area contributed by atoms with Crippen molar-refractivity contribution in [3.63, 3.8) is 0 Å². The van der Waals surface area contributed by atoms with E-state index in [2.05, 4.69) is 15.5 Å². The van der Waals surface area contributed by atoms with Crippen molar-refractivity contribution in [3.8, 4) is 11.4 Å². The molecule has 1 N–H and O–H groups in total. The van der Waals surface area contributed by atoms with Gasteiger partial charge in [-0.15, -0.1) is 5.10 Å². The van der Waals surface area contributed by atoms with Crippen LogP contribution in [0.1, 0.15) is 13.3 Å². The van der Waals surface area contributed by atoms with Gasteiger partial charge in [-0.3, -0.25) is 9.59 Å². The van der Waals surface area contributed by atoms with E-state index in [1.165, 1.54) is 15.3 Å². The third-order valence-electron chi connectivity index (χ3n) is 2.90. The smallest absolute Gasteiger partial charge is 0.303 e. The summed E-state index contributed by atoms with van der Waals surface area (Å²) in [6.07, 6.45) is 1.67. The van der Waals surface area contributed by atoms with Gasteiger partial charge < -0.3 is 9.67 Å². The standard InChI is InChI=1S/C12H15N5O3/c1-8(5-11(19)20)7-17-12(13-14-15-17)9-3-4-16(2)10(18)6-9/h3-4,6,8H,5,7H2,1-2H3,(H,19,20). The quantitative estimate of drug-likeness (QED) is 0.834. The van der Waals surface area contributed by atoms with Crippen molar-refractivity contribution in [2.45, 2.75) is 19.9 Å². The summed E-state index contributed by atoms with van der Waals surface area (Å²) in [5.74, 6) is -0.512. The highest BCUT2D eigenvalue weighted by Crippen LogP contribution is 2.15. The molecule has 2 aromatic heterocycles. The predicted molar refractivity (Wildman–Crippen MR) is 69.9 cm³/mol. The molecule has 106 valence electrons. The largest absolute Gasteiger partial charge is 0.481 e. The number of carboxylic acid groups (broad SMARTS) is 1. The normalized spacial score (nSPS) is 12.3. The Hall–Kier alpha value is -2.51. The average molecular weight is 277 g/mol. The van der Waals surface area contributed by atoms with Crippen LogP contribution in [-0.4, -0.2) is 35.9 Å². The molecule has 8 heteroatoms. The second-order valence-corrected chi connectivity index (χ2v) is 4.75. The van der Waals surface area contributed by atoms with Crippen LogP contribution in [0, 0.1) is 5.92 Å². The number of hydrogen-bond donors (Lipinski definition) is 1. The van der Waals surface area contributed by atoms with Crippen LogP contribution in [0.15, 0.2) is 23.1 Å². The van der Waals surface area contributed by atoms with E-state index in [4.69, 9.17) is 5.11 Å². The molecule has 20 heavy (non-hydrogen) atoms. The van der Waals surface area contributed by atoms with Gasteiger partial charge >= 0.3 is 5.97 Å². The predicted octanol–water partition coefficient (Wildman–Crippen LogP) is 0.150. The van der Waals surface area contributed by atoms with Crippen LogP contribution >= 0.6 is 0 Å². The van der Waals surface area contributed by atoms with Crippen molar-refractivity contribution in [1.29, 1.82) is 0 Å². The van der Waals surface area contributed by atoms with E-state index in [1.807, 2.05) is 6.92 Å². The Morgan fingerprint density at radius 3 is 2.90 bits per heavy atom. The van der Waals surface area contributed by atoms with E-state index in [-0.39, 0.29) is 17.9 Å². The van der Waals surface area contributed by atoms with Crippen molar-refractivity contribution in [2.75, 3.05) is 0 Å². The van der Waals surface area contributed by atoms with Gasteiger partial charge in [0, 0.05) is 37.8 Å². The van der Waals surface area contributed by atoms with E-state index in [9.17, 15) is 9.59 Å². The summed E-state index contributed by atoms with van der Waals surface area (Å²) >= 11 is 0. The fourth-order valence-electron chi connectivity index (χ4n) is 1.88. The van der Waals surface area contributed by atoms with E-state index in [0.717, 1.165) is 0 Å². The SMILES string of the molecule is CC(CC(=O)O)Cn1nnnc1-c1ccn(C)c(=O)c1. The highest BCUT2D eigenvalue weighted by atomic mass is 16.4. The second kappa shape index (κ2) is 5.64. The molecule has 2 aromatic rings. The number of aromatic nitrogens is 5. The van der Waals surface area contributed by atoms with Crippen LogP contribution in [0.3, 0.4) is 0 Å². The van der Waals surface area contributed by atoms with Gasteiger partial charge in [0.1, 0.15) is 0 Å². The summed E-state index contributed by atoms with van der Waals surface area (Å²) in [7, 11) is 1.66. The van der Waals surface area contributed by atoms with Gasteiger partial charge in [-0.2, -0.15) is 0 Å². The van der Waals surface area contributed by atoms with Gasteiger partial charge in [-0.05, 0) is 22.4 Å². The van der Waals surface area contributed by atoms with Crippen molar-refractivity contribution in [3.05, 3.63) is 28.7 Å². The Balaban J connectivity index is 2.26. The maximum Gasteiger partial charge on any atom is 0.303 e. The minimum Gasteiger partial charge on any atom is -0.481 e. The van der Waals surface area contributed by atoms with Gasteiger partial charge in [0.15, 0.2) is 5.82 Å². The third-order valence-corrected chi connectivity index (χ3v) is 2.90. The zero-order valence-corrected chi connectivity index (χ0v) is 11.2. The lowest BCUT2D eigenvalue weighted by molar-refractivity contribution is -0.138. The zero-order valence-electron chi connectivity index (χ0n) is 11.2. The van der Waals surface area contributed by atoms with Crippen LogP contribution in [0.4, 0.5) is 0 Å². The highest BCUT2D eigenvalue weighted by molar-refractivity contribution is 5.66. The average Bonchev–Trinajstić information content (AvgIpc) is 2.79. The molecular weight excluding hydrogens is 262 g/mol. The Morgan fingerprint density at radius 2 is 2.25 bits per heavy atom. The number of carboxylic acids is 1. The molecule has 0 spiro atoms. The number of aryl methyl sites for hydroxylation is 1. The van der Waals surface area contributed by atoms with Crippen LogP contribution in [0.25, 0.3) is 11.4 Å². The van der Waals surface area contributed by atoms with Crippen molar-refractivity contribution < 1.29 is 9.90 Å². The van der Waals surface area contributed by atoms with Gasteiger partial charge in [-0.1, -0.05) is 6.92 Å². The maximum atomic E-state index is 11.6. The molecule has 1 atom stereocenters. The van der Waals surface area contributed by atoms with Gasteiger partial charge in [0.25, 0.3) is 5.56 Å². The molecule has 0 saturated heterocycles. The van der Waals surface area contributed by atoms with E-state index in [1.54, 1.807) is 19.3 Å². The van der Waals surface area contributed by atoms with Crippen LogP contribution < -0.4 is 5.56 Å². The molecule has 1 unspecified atom stereocenters. The minimum absolute atomic E-state index is 0.0376. The highest BCUT2D eigenvalue weighted by Gasteiger charge is 2.14. The third kappa shape index (κ3) is 3.08. The first-order valence-electron chi connectivity index (χ1n) is 6.12. The topological polar surface area (TPSA) is 103 Å². The Bertz CT molecular complexity index is 676. The van der Waals surface area contributed by atoms with Crippen molar-refractivity contribution >= 4 is 5.97 Å². The van der Waals surface area contributed by atoms with Crippen molar-refractivity contribution in [1.82, 2.24) is 24.8 Å². The molecule has 0 aliphatic rings. The molecule has 0 aliphatic heterocycles. The first-order chi connectivity index (χ1) is 9.47. The lowest BCUT2D eigenvalue weighted by Gasteiger charge is -2.10. The van der Waals surface area contributed by atoms with Crippen LogP contribution in [-0.2, 0) is 18.4 Å². The summed E-state index contributed by atoms with van der Waals surface area (Å²) in [6.45, 7) is 2.19. The zero-order chi connectivity index (χ0) is 14.7. The molecule has 2 heterocycles. The molecule has 0 bridgehead atoms. The lowest BCUT2D eigenvalue weighted by atomic mass is 10.1. The van der Waals surface area contributed by atoms with Gasteiger partial charge in [0.05, 0.1) is 0 Å². The summed E-state index contributed by atoms with van der Waals surface area (Å²) in [4.78, 5) is 22.3. The summed E-state index contributed by atoms with van der Waals surface area (Å²) < 4.78 is 2.97. The lowest BCUT2D eigenvalue weighted by Crippen LogP contribution is -2.16. The fourth-order valence-corrected chi connectivity index (χ4v) is 1.88. The number of nitrogens with zero attached hydrogens (tertiary/aromatic N) is 5. The summed E-state index contributed by atoms with van der Waals surface area (Å²) in [6, 6.07) is 3.19. The number of rotatable bonds is 5. The maximum absolute atomic E-state index is 11.6. The molecule has 0 amide bonds. The number of tetrazole rings is 1. The van der Waals surface area contributed by atoms with E-state index >= 15 is 0 Å². The minimum atomic E-state index is -0.860. The Morgan fingerprint density at radius 1 is 1.50 bits per heavy atom. The molecule has 8 nitrogen and oxygen atoms in total. The van der Waals surface area contributed by atoms with Crippen molar-refractivity contribution in [2.24, 2.45) is 13.0 Å². The number of hydrogen-bond acceptors (Lipinski definition) is 5. The monoisotopic (exact) mass is 277 g/mol. The number of aliphatic carboxylic acids is 1. The Kier molecular flexibility index (Phi) is 3.92. The van der Waals surface area contributed by atoms with Crippen LogP contribution in [0.2, 0.25) is 0 Å². The number of pyridine rings is 1. The Labute approximate surface area is 114 Å². The molecule has 0 aromatic carbocycles. The van der Waals surface area contributed by atoms with E-state index in [0.29, 0.717) is 17.9 Å². The summed E-state index contributed by atoms with van der Waals surface area (Å²) in [5, 5.41) is 20.1. The second-order valence-electron chi connectivity index (χ2n) is 4.75.